The van der Waals surface area contributed by atoms with Gasteiger partial charge in [0.15, 0.2) is 5.96 Å². The number of hydrogen-bond acceptors (Lipinski definition) is 3. The Labute approximate surface area is 158 Å². The van der Waals surface area contributed by atoms with Crippen molar-refractivity contribution >= 4 is 36.0 Å². The highest BCUT2D eigenvalue weighted by Gasteiger charge is 2.18. The molecule has 0 saturated heterocycles. The van der Waals surface area contributed by atoms with Crippen molar-refractivity contribution in [2.24, 2.45) is 10.7 Å². The molecule has 0 rings (SSSR count). The van der Waals surface area contributed by atoms with Crippen molar-refractivity contribution in [1.29, 1.82) is 0 Å². The highest BCUT2D eigenvalue weighted by molar-refractivity contribution is 14.0. The Hall–Kier alpha value is -0.730. The number of nitrogens with zero attached hydrogens (tertiary/aromatic N) is 1. The molecular weight excluding hydrogens is 407 g/mol. The summed E-state index contributed by atoms with van der Waals surface area (Å²) >= 11 is 0. The molecule has 0 spiro atoms. The van der Waals surface area contributed by atoms with Gasteiger partial charge in [-0.1, -0.05) is 19.8 Å². The largest absolute Gasteiger partial charge is 0.444 e. The summed E-state index contributed by atoms with van der Waals surface area (Å²) in [5.41, 5.74) is 5.30. The van der Waals surface area contributed by atoms with E-state index in [4.69, 9.17) is 10.5 Å². The molecule has 23 heavy (non-hydrogen) atoms. The zero-order chi connectivity index (χ0) is 17.4. The number of nitrogens with one attached hydrogen (secondary N) is 2. The molecule has 0 fully saturated rings. The standard InChI is InChI=1S/C16H34N4O2.HI/c1-8-9-10-12(19-13(17)20-15(2,3)4)11-18-14(21)22-16(5,6)7;/h12H,8-11H2,1-7H3,(H,18,21)(H3,17,19,20);1H. The lowest BCUT2D eigenvalue weighted by atomic mass is 10.1. The maximum Gasteiger partial charge on any atom is 0.407 e. The molecule has 1 amide bonds. The number of hydrogen-bond donors (Lipinski definition) is 3. The minimum atomic E-state index is -0.501. The van der Waals surface area contributed by atoms with Gasteiger partial charge >= 0.3 is 6.09 Å². The van der Waals surface area contributed by atoms with E-state index in [2.05, 4.69) is 22.5 Å². The monoisotopic (exact) mass is 442 g/mol. The minimum absolute atomic E-state index is 0. The summed E-state index contributed by atoms with van der Waals surface area (Å²) in [5, 5.41) is 5.90. The van der Waals surface area contributed by atoms with Gasteiger partial charge in [-0.25, -0.2) is 9.79 Å². The summed E-state index contributed by atoms with van der Waals surface area (Å²) in [4.78, 5) is 16.2. The molecular formula is C16H35IN4O2. The molecule has 0 aromatic heterocycles. The molecule has 7 heteroatoms. The number of halogens is 1. The highest BCUT2D eigenvalue weighted by atomic mass is 127. The lowest BCUT2D eigenvalue weighted by Gasteiger charge is -2.23. The van der Waals surface area contributed by atoms with E-state index in [1.165, 1.54) is 0 Å². The number of guanidine groups is 1. The fourth-order valence-corrected chi connectivity index (χ4v) is 1.78. The van der Waals surface area contributed by atoms with Crippen LogP contribution in [-0.2, 0) is 4.74 Å². The summed E-state index contributed by atoms with van der Waals surface area (Å²) in [6.07, 6.45) is 2.56. The SMILES string of the molecule is CCCCC(CNC(=O)OC(C)(C)C)N=C(N)NC(C)(C)C.I. The van der Waals surface area contributed by atoms with E-state index in [1.807, 2.05) is 41.5 Å². The first-order valence-electron chi connectivity index (χ1n) is 8.01. The van der Waals surface area contributed by atoms with Crippen molar-refractivity contribution in [2.75, 3.05) is 6.54 Å². The highest BCUT2D eigenvalue weighted by Crippen LogP contribution is 2.08. The Morgan fingerprint density at radius 1 is 1.22 bits per heavy atom. The molecule has 0 aliphatic carbocycles. The maximum absolute atomic E-state index is 11.7. The Bertz CT molecular complexity index is 373. The molecule has 0 aliphatic heterocycles. The first-order valence-corrected chi connectivity index (χ1v) is 8.01. The molecule has 0 aromatic carbocycles. The number of amides is 1. The number of ether oxygens (including phenoxy) is 1. The van der Waals surface area contributed by atoms with Crippen LogP contribution in [-0.4, -0.2) is 35.8 Å². The third-order valence-corrected chi connectivity index (χ3v) is 2.60. The van der Waals surface area contributed by atoms with Crippen molar-refractivity contribution in [2.45, 2.75) is 84.9 Å². The lowest BCUT2D eigenvalue weighted by molar-refractivity contribution is 0.0524. The Morgan fingerprint density at radius 3 is 2.22 bits per heavy atom. The van der Waals surface area contributed by atoms with Crippen molar-refractivity contribution in [1.82, 2.24) is 10.6 Å². The van der Waals surface area contributed by atoms with E-state index >= 15 is 0 Å². The molecule has 0 radical (unpaired) electrons. The molecule has 0 saturated carbocycles. The van der Waals surface area contributed by atoms with E-state index in [0.717, 1.165) is 19.3 Å². The zero-order valence-corrected chi connectivity index (χ0v) is 18.0. The molecule has 0 heterocycles. The summed E-state index contributed by atoms with van der Waals surface area (Å²) in [6, 6.07) is -0.0534. The third-order valence-electron chi connectivity index (χ3n) is 2.60. The molecule has 138 valence electrons. The van der Waals surface area contributed by atoms with Crippen LogP contribution in [0.15, 0.2) is 4.99 Å². The number of carbonyl (C=O) groups excluding carboxylic acids is 1. The summed E-state index contributed by atoms with van der Waals surface area (Å²) < 4.78 is 5.23. The van der Waals surface area contributed by atoms with E-state index < -0.39 is 11.7 Å². The normalized spacial score (nSPS) is 13.8. The molecule has 0 bridgehead atoms. The van der Waals surface area contributed by atoms with Crippen molar-refractivity contribution in [3.05, 3.63) is 0 Å². The smallest absolute Gasteiger partial charge is 0.407 e. The van der Waals surface area contributed by atoms with E-state index in [0.29, 0.717) is 12.5 Å². The van der Waals surface area contributed by atoms with E-state index in [-0.39, 0.29) is 35.6 Å². The van der Waals surface area contributed by atoms with Gasteiger partial charge in [0.25, 0.3) is 0 Å². The van der Waals surface area contributed by atoms with Crippen molar-refractivity contribution in [3.8, 4) is 0 Å². The molecule has 6 nitrogen and oxygen atoms in total. The Balaban J connectivity index is 0. The fourth-order valence-electron chi connectivity index (χ4n) is 1.78. The quantitative estimate of drug-likeness (QED) is 0.334. The van der Waals surface area contributed by atoms with Crippen LogP contribution in [0.4, 0.5) is 4.79 Å². The van der Waals surface area contributed by atoms with Crippen molar-refractivity contribution < 1.29 is 9.53 Å². The van der Waals surface area contributed by atoms with E-state index in [9.17, 15) is 4.79 Å². The predicted octanol–water partition coefficient (Wildman–Crippen LogP) is 3.39. The Kier molecular flexibility index (Phi) is 11.7. The average molecular weight is 442 g/mol. The van der Waals surface area contributed by atoms with Crippen LogP contribution < -0.4 is 16.4 Å². The van der Waals surface area contributed by atoms with Gasteiger partial charge in [-0.15, -0.1) is 24.0 Å². The summed E-state index contributed by atoms with van der Waals surface area (Å²) in [5.74, 6) is 0.402. The number of alkyl carbamates (subject to hydrolysis) is 1. The van der Waals surface area contributed by atoms with Gasteiger partial charge in [-0.2, -0.15) is 0 Å². The minimum Gasteiger partial charge on any atom is -0.444 e. The molecule has 1 atom stereocenters. The van der Waals surface area contributed by atoms with Crippen LogP contribution in [0.25, 0.3) is 0 Å². The third kappa shape index (κ3) is 15.9. The Morgan fingerprint density at radius 2 is 1.78 bits per heavy atom. The van der Waals surface area contributed by atoms with Crippen LogP contribution in [0.5, 0.6) is 0 Å². The van der Waals surface area contributed by atoms with Crippen LogP contribution in [0.1, 0.15) is 67.7 Å². The van der Waals surface area contributed by atoms with Crippen LogP contribution >= 0.6 is 24.0 Å². The molecule has 0 aliphatic rings. The van der Waals surface area contributed by atoms with E-state index in [1.54, 1.807) is 0 Å². The second-order valence-corrected chi connectivity index (χ2v) is 7.57. The number of rotatable bonds is 6. The lowest BCUT2D eigenvalue weighted by Crippen LogP contribution is -2.46. The number of carbonyl (C=O) groups is 1. The van der Waals surface area contributed by atoms with Gasteiger partial charge in [-0.3, -0.25) is 0 Å². The molecule has 0 aromatic rings. The summed E-state index contributed by atoms with van der Waals surface area (Å²) in [7, 11) is 0. The van der Waals surface area contributed by atoms with Gasteiger partial charge in [0, 0.05) is 12.1 Å². The number of aliphatic imine (C=N–C) groups is 1. The first kappa shape index (κ1) is 24.5. The van der Waals surface area contributed by atoms with Crippen molar-refractivity contribution in [3.63, 3.8) is 0 Å². The van der Waals surface area contributed by atoms with Gasteiger partial charge in [-0.05, 0) is 48.0 Å². The van der Waals surface area contributed by atoms with Gasteiger partial charge in [0.05, 0.1) is 6.04 Å². The van der Waals surface area contributed by atoms with Crippen LogP contribution in [0.2, 0.25) is 0 Å². The van der Waals surface area contributed by atoms with Crippen LogP contribution in [0, 0.1) is 0 Å². The van der Waals surface area contributed by atoms with Crippen LogP contribution in [0.3, 0.4) is 0 Å². The second kappa shape index (κ2) is 10.9. The van der Waals surface area contributed by atoms with Gasteiger partial charge < -0.3 is 21.1 Å². The fraction of sp³-hybridized carbons (Fsp3) is 0.875. The number of nitrogens with two attached hydrogens (primary N) is 1. The molecule has 4 N–H and O–H groups in total. The van der Waals surface area contributed by atoms with Gasteiger partial charge in [0.1, 0.15) is 5.60 Å². The predicted molar refractivity (Wildman–Crippen MR) is 107 cm³/mol. The average Bonchev–Trinajstić information content (AvgIpc) is 2.28. The maximum atomic E-state index is 11.7. The summed E-state index contributed by atoms with van der Waals surface area (Å²) in [6.45, 7) is 14.1. The second-order valence-electron chi connectivity index (χ2n) is 7.57. The molecule has 1 unspecified atom stereocenters. The first-order chi connectivity index (χ1) is 9.93. The number of unbranched alkanes of at least 4 members (excludes halogenated alkanes) is 1. The topological polar surface area (TPSA) is 88.7 Å². The zero-order valence-electron chi connectivity index (χ0n) is 15.7. The van der Waals surface area contributed by atoms with Gasteiger partial charge in [0.2, 0.25) is 0 Å².